The second-order valence-corrected chi connectivity index (χ2v) is 7.21. The molecule has 1 aromatic heterocycles. The van der Waals surface area contributed by atoms with Crippen LogP contribution in [0.2, 0.25) is 0 Å². The van der Waals surface area contributed by atoms with E-state index in [1.807, 2.05) is 0 Å². The highest BCUT2D eigenvalue weighted by molar-refractivity contribution is 9.10. The molecule has 0 bridgehead atoms. The van der Waals surface area contributed by atoms with E-state index < -0.39 is 0 Å². The number of aromatic nitrogens is 2. The zero-order valence-electron chi connectivity index (χ0n) is 13.2. The van der Waals surface area contributed by atoms with Crippen molar-refractivity contribution >= 4 is 15.9 Å². The highest BCUT2D eigenvalue weighted by atomic mass is 79.9. The van der Waals surface area contributed by atoms with Crippen LogP contribution in [0.5, 0.6) is 0 Å². The van der Waals surface area contributed by atoms with Crippen molar-refractivity contribution in [1.29, 1.82) is 0 Å². The fraction of sp³-hybridized carbons (Fsp3) is 0.812. The summed E-state index contributed by atoms with van der Waals surface area (Å²) in [6.45, 7) is 5.61. The summed E-state index contributed by atoms with van der Waals surface area (Å²) in [7, 11) is 2.08. The number of nitrogens with one attached hydrogen (secondary N) is 1. The summed E-state index contributed by atoms with van der Waals surface area (Å²) in [6.07, 6.45) is 7.72. The van der Waals surface area contributed by atoms with Crippen molar-refractivity contribution in [2.45, 2.75) is 64.1 Å². The number of halogens is 1. The molecular formula is C16H27BrN4. The van der Waals surface area contributed by atoms with Gasteiger partial charge in [-0.2, -0.15) is 5.10 Å². The fourth-order valence-electron chi connectivity index (χ4n) is 3.89. The Hall–Kier alpha value is -0.390. The number of likely N-dealkylation sites (tertiary alicyclic amines) is 1. The molecule has 5 heteroatoms. The number of aryl methyl sites for hydroxylation is 2. The van der Waals surface area contributed by atoms with Crippen LogP contribution < -0.4 is 5.32 Å². The van der Waals surface area contributed by atoms with Gasteiger partial charge in [-0.1, -0.05) is 13.3 Å². The predicted molar refractivity (Wildman–Crippen MR) is 89.4 cm³/mol. The van der Waals surface area contributed by atoms with Gasteiger partial charge in [0.25, 0.3) is 0 Å². The largest absolute Gasteiger partial charge is 0.312 e. The second kappa shape index (κ2) is 6.80. The van der Waals surface area contributed by atoms with Gasteiger partial charge in [0.2, 0.25) is 0 Å². The zero-order valence-corrected chi connectivity index (χ0v) is 14.8. The van der Waals surface area contributed by atoms with Crippen molar-refractivity contribution in [3.8, 4) is 0 Å². The summed E-state index contributed by atoms with van der Waals surface area (Å²) in [5.74, 6) is 0. The minimum absolute atomic E-state index is 0.697. The lowest BCUT2D eigenvalue weighted by Gasteiger charge is -2.39. The van der Waals surface area contributed by atoms with E-state index in [4.69, 9.17) is 0 Å². The van der Waals surface area contributed by atoms with Crippen LogP contribution in [-0.2, 0) is 20.0 Å². The first kappa shape index (κ1) is 15.5. The molecule has 1 N–H and O–H groups in total. The Morgan fingerprint density at radius 3 is 2.81 bits per heavy atom. The molecular weight excluding hydrogens is 328 g/mol. The van der Waals surface area contributed by atoms with Crippen LogP contribution in [0.4, 0.5) is 0 Å². The summed E-state index contributed by atoms with van der Waals surface area (Å²) < 4.78 is 3.28. The molecule has 1 aromatic rings. The van der Waals surface area contributed by atoms with Gasteiger partial charge in [0.1, 0.15) is 0 Å². The number of piperidine rings is 1. The number of rotatable bonds is 4. The summed E-state index contributed by atoms with van der Waals surface area (Å²) in [6, 6.07) is 1.40. The van der Waals surface area contributed by atoms with Gasteiger partial charge in [-0.25, -0.2) is 0 Å². The van der Waals surface area contributed by atoms with E-state index in [1.165, 1.54) is 61.1 Å². The van der Waals surface area contributed by atoms with Crippen molar-refractivity contribution < 1.29 is 0 Å². The van der Waals surface area contributed by atoms with Crippen molar-refractivity contribution in [3.05, 3.63) is 15.9 Å². The van der Waals surface area contributed by atoms with Gasteiger partial charge in [-0.15, -0.1) is 0 Å². The van der Waals surface area contributed by atoms with Crippen molar-refractivity contribution in [2.75, 3.05) is 13.1 Å². The number of nitrogens with zero attached hydrogens (tertiary/aromatic N) is 3. The monoisotopic (exact) mass is 354 g/mol. The molecule has 2 atom stereocenters. The highest BCUT2D eigenvalue weighted by Crippen LogP contribution is 2.29. The fourth-order valence-corrected chi connectivity index (χ4v) is 4.63. The molecule has 2 aliphatic rings. The Morgan fingerprint density at radius 2 is 2.14 bits per heavy atom. The standard InChI is InChI=1S/C16H27BrN4/c1-3-12-16(17)15(20(2)19-12)11-21-10-5-4-8-14(21)13-7-6-9-18-13/h13-14,18H,3-11H2,1-2H3. The average molecular weight is 355 g/mol. The SMILES string of the molecule is CCc1nn(C)c(CN2CCCCC2C2CCCN2)c1Br. The van der Waals surface area contributed by atoms with E-state index in [-0.39, 0.29) is 0 Å². The molecule has 3 heterocycles. The van der Waals surface area contributed by atoms with E-state index in [9.17, 15) is 0 Å². The van der Waals surface area contributed by atoms with Gasteiger partial charge >= 0.3 is 0 Å². The Balaban J connectivity index is 1.76. The summed E-state index contributed by atoms with van der Waals surface area (Å²) in [5.41, 5.74) is 2.51. The molecule has 0 amide bonds. The first-order valence-corrected chi connectivity index (χ1v) is 9.17. The molecule has 2 aliphatic heterocycles. The lowest BCUT2D eigenvalue weighted by atomic mass is 9.94. The maximum absolute atomic E-state index is 4.64. The Morgan fingerprint density at radius 1 is 1.29 bits per heavy atom. The van der Waals surface area contributed by atoms with Gasteiger partial charge in [0.15, 0.2) is 0 Å². The molecule has 0 aromatic carbocycles. The lowest BCUT2D eigenvalue weighted by Crippen LogP contribution is -2.49. The molecule has 2 unspecified atom stereocenters. The number of hydrogen-bond donors (Lipinski definition) is 1. The van der Waals surface area contributed by atoms with Crippen molar-refractivity contribution in [2.24, 2.45) is 7.05 Å². The normalized spacial score (nSPS) is 27.4. The van der Waals surface area contributed by atoms with Gasteiger partial charge in [-0.05, 0) is 61.1 Å². The van der Waals surface area contributed by atoms with Crippen molar-refractivity contribution in [3.63, 3.8) is 0 Å². The molecule has 21 heavy (non-hydrogen) atoms. The Bertz CT molecular complexity index is 479. The van der Waals surface area contributed by atoms with E-state index in [0.717, 1.165) is 13.0 Å². The molecule has 2 saturated heterocycles. The summed E-state index contributed by atoms with van der Waals surface area (Å²) in [4.78, 5) is 2.69. The average Bonchev–Trinajstić information content (AvgIpc) is 3.11. The Labute approximate surface area is 136 Å². The molecule has 3 rings (SSSR count). The topological polar surface area (TPSA) is 33.1 Å². The second-order valence-electron chi connectivity index (χ2n) is 6.42. The van der Waals surface area contributed by atoms with E-state index in [1.54, 1.807) is 0 Å². The summed E-state index contributed by atoms with van der Waals surface area (Å²) >= 11 is 3.77. The highest BCUT2D eigenvalue weighted by Gasteiger charge is 2.32. The molecule has 2 fully saturated rings. The first-order valence-electron chi connectivity index (χ1n) is 8.38. The molecule has 0 radical (unpaired) electrons. The molecule has 0 aliphatic carbocycles. The third-order valence-corrected chi connectivity index (χ3v) is 6.00. The molecule has 118 valence electrons. The third-order valence-electron chi connectivity index (χ3n) is 5.08. The smallest absolute Gasteiger partial charge is 0.0767 e. The van der Waals surface area contributed by atoms with E-state index in [2.05, 4.69) is 49.9 Å². The van der Waals surface area contributed by atoms with Crippen LogP contribution in [0.25, 0.3) is 0 Å². The van der Waals surface area contributed by atoms with Crippen LogP contribution in [0.1, 0.15) is 50.4 Å². The van der Waals surface area contributed by atoms with E-state index in [0.29, 0.717) is 12.1 Å². The third kappa shape index (κ3) is 3.20. The van der Waals surface area contributed by atoms with Crippen LogP contribution in [0.15, 0.2) is 4.47 Å². The maximum Gasteiger partial charge on any atom is 0.0767 e. The molecule has 0 spiro atoms. The molecule has 0 saturated carbocycles. The minimum atomic E-state index is 0.697. The van der Waals surface area contributed by atoms with Gasteiger partial charge in [-0.3, -0.25) is 9.58 Å². The van der Waals surface area contributed by atoms with Crippen LogP contribution in [0, 0.1) is 0 Å². The minimum Gasteiger partial charge on any atom is -0.312 e. The van der Waals surface area contributed by atoms with Gasteiger partial charge in [0.05, 0.1) is 15.9 Å². The van der Waals surface area contributed by atoms with Crippen LogP contribution >= 0.6 is 15.9 Å². The van der Waals surface area contributed by atoms with Crippen LogP contribution in [-0.4, -0.2) is 39.9 Å². The van der Waals surface area contributed by atoms with Crippen molar-refractivity contribution in [1.82, 2.24) is 20.0 Å². The maximum atomic E-state index is 4.64. The lowest BCUT2D eigenvalue weighted by molar-refractivity contribution is 0.109. The zero-order chi connectivity index (χ0) is 14.8. The predicted octanol–water partition coefficient (Wildman–Crippen LogP) is 2.85. The first-order chi connectivity index (χ1) is 10.2. The van der Waals surface area contributed by atoms with Crippen LogP contribution in [0.3, 0.4) is 0 Å². The van der Waals surface area contributed by atoms with E-state index >= 15 is 0 Å². The number of hydrogen-bond acceptors (Lipinski definition) is 3. The summed E-state index contributed by atoms with van der Waals surface area (Å²) in [5, 5.41) is 8.36. The Kier molecular flexibility index (Phi) is 5.02. The van der Waals surface area contributed by atoms with Gasteiger partial charge in [0, 0.05) is 25.7 Å². The molecule has 4 nitrogen and oxygen atoms in total. The van der Waals surface area contributed by atoms with Gasteiger partial charge < -0.3 is 5.32 Å². The quantitative estimate of drug-likeness (QED) is 0.902.